The number of aliphatic imine (C=N–C) groups is 1. The third-order valence-corrected chi connectivity index (χ3v) is 3.05. The van der Waals surface area contributed by atoms with E-state index in [-0.39, 0.29) is 5.75 Å². The summed E-state index contributed by atoms with van der Waals surface area (Å²) in [6, 6.07) is 13.1. The molecule has 0 amide bonds. The molecule has 0 unspecified atom stereocenters. The molecule has 0 aliphatic carbocycles. The molecule has 0 fully saturated rings. The van der Waals surface area contributed by atoms with Crippen molar-refractivity contribution in [3.8, 4) is 11.5 Å². The summed E-state index contributed by atoms with van der Waals surface area (Å²) in [6.45, 7) is 4.79. The largest absolute Gasteiger partial charge is 0.504 e. The second kappa shape index (κ2) is 7.36. The number of phenols is 1. The van der Waals surface area contributed by atoms with E-state index in [1.165, 1.54) is 0 Å². The molecule has 5 nitrogen and oxygen atoms in total. The average Bonchev–Trinajstić information content (AvgIpc) is 2.48. The number of guanidine groups is 1. The van der Waals surface area contributed by atoms with Crippen molar-refractivity contribution in [2.24, 2.45) is 10.7 Å². The third kappa shape index (κ3) is 4.41. The zero-order valence-corrected chi connectivity index (χ0v) is 12.8. The molecule has 22 heavy (non-hydrogen) atoms. The van der Waals surface area contributed by atoms with Gasteiger partial charge in [-0.05, 0) is 49.2 Å². The van der Waals surface area contributed by atoms with E-state index in [2.05, 4.69) is 10.3 Å². The topological polar surface area (TPSA) is 79.9 Å². The summed E-state index contributed by atoms with van der Waals surface area (Å²) >= 11 is 0. The molecule has 0 atom stereocenters. The van der Waals surface area contributed by atoms with Gasteiger partial charge in [-0.15, -0.1) is 0 Å². The SMILES string of the molecule is CCOc1cc(CN=C(N)Nc2cccc(C)c2)ccc1O. The van der Waals surface area contributed by atoms with Gasteiger partial charge >= 0.3 is 0 Å². The van der Waals surface area contributed by atoms with Gasteiger partial charge in [0.25, 0.3) is 0 Å². The van der Waals surface area contributed by atoms with Gasteiger partial charge in [-0.1, -0.05) is 18.2 Å². The van der Waals surface area contributed by atoms with Crippen LogP contribution in [0.4, 0.5) is 5.69 Å². The van der Waals surface area contributed by atoms with Crippen molar-refractivity contribution < 1.29 is 9.84 Å². The van der Waals surface area contributed by atoms with Gasteiger partial charge in [0.1, 0.15) is 0 Å². The predicted molar refractivity (Wildman–Crippen MR) is 89.4 cm³/mol. The van der Waals surface area contributed by atoms with Crippen LogP contribution in [0, 0.1) is 6.92 Å². The highest BCUT2D eigenvalue weighted by atomic mass is 16.5. The van der Waals surface area contributed by atoms with Gasteiger partial charge in [0.05, 0.1) is 13.2 Å². The van der Waals surface area contributed by atoms with E-state index in [9.17, 15) is 5.11 Å². The first-order chi connectivity index (χ1) is 10.6. The lowest BCUT2D eigenvalue weighted by atomic mass is 10.2. The summed E-state index contributed by atoms with van der Waals surface area (Å²) < 4.78 is 5.35. The number of aryl methyl sites for hydroxylation is 1. The highest BCUT2D eigenvalue weighted by Crippen LogP contribution is 2.27. The van der Waals surface area contributed by atoms with Crippen molar-refractivity contribution in [2.75, 3.05) is 11.9 Å². The number of ether oxygens (including phenoxy) is 1. The van der Waals surface area contributed by atoms with Crippen LogP contribution in [0.5, 0.6) is 11.5 Å². The summed E-state index contributed by atoms with van der Waals surface area (Å²) in [4.78, 5) is 4.30. The molecule has 0 heterocycles. The fraction of sp³-hybridized carbons (Fsp3) is 0.235. The van der Waals surface area contributed by atoms with Gasteiger partial charge in [0, 0.05) is 5.69 Å². The number of phenolic OH excluding ortho intramolecular Hbond substituents is 1. The predicted octanol–water partition coefficient (Wildman–Crippen LogP) is 3.03. The Balaban J connectivity index is 2.03. The minimum Gasteiger partial charge on any atom is -0.504 e. The average molecular weight is 299 g/mol. The third-order valence-electron chi connectivity index (χ3n) is 3.05. The fourth-order valence-corrected chi connectivity index (χ4v) is 2.01. The Bertz CT molecular complexity index is 669. The van der Waals surface area contributed by atoms with Crippen LogP contribution < -0.4 is 15.8 Å². The number of rotatable bonds is 5. The van der Waals surface area contributed by atoms with Crippen LogP contribution >= 0.6 is 0 Å². The van der Waals surface area contributed by atoms with Gasteiger partial charge < -0.3 is 20.9 Å². The quantitative estimate of drug-likeness (QED) is 0.585. The molecule has 0 aliphatic rings. The normalized spacial score (nSPS) is 11.3. The first-order valence-electron chi connectivity index (χ1n) is 7.16. The number of aromatic hydroxyl groups is 1. The monoisotopic (exact) mass is 299 g/mol. The van der Waals surface area contributed by atoms with Gasteiger partial charge in [0.2, 0.25) is 0 Å². The molecule has 5 heteroatoms. The molecular formula is C17H21N3O2. The summed E-state index contributed by atoms with van der Waals surface area (Å²) in [5.41, 5.74) is 8.86. The molecule has 0 spiro atoms. The van der Waals surface area contributed by atoms with E-state index >= 15 is 0 Å². The molecule has 2 aromatic rings. The Morgan fingerprint density at radius 3 is 2.82 bits per heavy atom. The smallest absolute Gasteiger partial charge is 0.193 e. The van der Waals surface area contributed by atoms with Gasteiger partial charge in [-0.2, -0.15) is 0 Å². The van der Waals surface area contributed by atoms with E-state index < -0.39 is 0 Å². The number of anilines is 1. The Morgan fingerprint density at radius 2 is 2.09 bits per heavy atom. The Morgan fingerprint density at radius 1 is 1.27 bits per heavy atom. The molecule has 0 radical (unpaired) electrons. The summed E-state index contributed by atoms with van der Waals surface area (Å²) in [5, 5.41) is 12.7. The minimum atomic E-state index is 0.125. The maximum absolute atomic E-state index is 9.67. The number of hydrogen-bond acceptors (Lipinski definition) is 3. The molecule has 0 bridgehead atoms. The molecule has 4 N–H and O–H groups in total. The maximum atomic E-state index is 9.67. The van der Waals surface area contributed by atoms with Crippen molar-refractivity contribution in [2.45, 2.75) is 20.4 Å². The lowest BCUT2D eigenvalue weighted by Gasteiger charge is -2.08. The second-order valence-electron chi connectivity index (χ2n) is 4.93. The van der Waals surface area contributed by atoms with Crippen LogP contribution in [0.2, 0.25) is 0 Å². The fourth-order valence-electron chi connectivity index (χ4n) is 2.01. The van der Waals surface area contributed by atoms with Crippen LogP contribution in [0.25, 0.3) is 0 Å². The Hall–Kier alpha value is -2.69. The summed E-state index contributed by atoms with van der Waals surface area (Å²) in [6.07, 6.45) is 0. The Kier molecular flexibility index (Phi) is 5.25. The Labute approximate surface area is 130 Å². The molecule has 2 rings (SSSR count). The summed E-state index contributed by atoms with van der Waals surface area (Å²) in [7, 11) is 0. The second-order valence-corrected chi connectivity index (χ2v) is 4.93. The molecule has 2 aromatic carbocycles. The van der Waals surface area contributed by atoms with E-state index in [1.54, 1.807) is 18.2 Å². The molecule has 116 valence electrons. The lowest BCUT2D eigenvalue weighted by Crippen LogP contribution is -2.22. The van der Waals surface area contributed by atoms with Crippen molar-refractivity contribution in [1.82, 2.24) is 0 Å². The van der Waals surface area contributed by atoms with Gasteiger partial charge in [-0.25, -0.2) is 4.99 Å². The van der Waals surface area contributed by atoms with E-state index in [1.807, 2.05) is 38.1 Å². The standard InChI is InChI=1S/C17H21N3O2/c1-3-22-16-10-13(7-8-15(16)21)11-19-17(18)20-14-6-4-5-12(2)9-14/h4-10,21H,3,11H2,1-2H3,(H3,18,19,20). The summed E-state index contributed by atoms with van der Waals surface area (Å²) in [5.74, 6) is 0.928. The van der Waals surface area contributed by atoms with Crippen molar-refractivity contribution in [1.29, 1.82) is 0 Å². The van der Waals surface area contributed by atoms with E-state index in [0.717, 1.165) is 16.8 Å². The number of nitrogens with one attached hydrogen (secondary N) is 1. The number of nitrogens with two attached hydrogens (primary N) is 1. The number of hydrogen-bond donors (Lipinski definition) is 3. The number of benzene rings is 2. The number of nitrogens with zero attached hydrogens (tertiary/aromatic N) is 1. The maximum Gasteiger partial charge on any atom is 0.193 e. The van der Waals surface area contributed by atoms with Crippen molar-refractivity contribution >= 4 is 11.6 Å². The molecule has 0 saturated heterocycles. The van der Waals surface area contributed by atoms with E-state index in [4.69, 9.17) is 10.5 Å². The minimum absolute atomic E-state index is 0.125. The highest BCUT2D eigenvalue weighted by molar-refractivity contribution is 5.92. The van der Waals surface area contributed by atoms with Crippen LogP contribution in [0.3, 0.4) is 0 Å². The van der Waals surface area contributed by atoms with Crippen LogP contribution in [-0.4, -0.2) is 17.7 Å². The molecule has 0 aromatic heterocycles. The van der Waals surface area contributed by atoms with Crippen LogP contribution in [-0.2, 0) is 6.54 Å². The van der Waals surface area contributed by atoms with E-state index in [0.29, 0.717) is 24.9 Å². The van der Waals surface area contributed by atoms with Gasteiger partial charge in [0.15, 0.2) is 17.5 Å². The van der Waals surface area contributed by atoms with Gasteiger partial charge in [-0.3, -0.25) is 0 Å². The molecule has 0 saturated carbocycles. The van der Waals surface area contributed by atoms with Crippen molar-refractivity contribution in [3.05, 3.63) is 53.6 Å². The molecule has 0 aliphatic heterocycles. The zero-order chi connectivity index (χ0) is 15.9. The van der Waals surface area contributed by atoms with Crippen molar-refractivity contribution in [3.63, 3.8) is 0 Å². The van der Waals surface area contributed by atoms with Crippen LogP contribution in [0.15, 0.2) is 47.5 Å². The zero-order valence-electron chi connectivity index (χ0n) is 12.8. The van der Waals surface area contributed by atoms with Crippen LogP contribution in [0.1, 0.15) is 18.1 Å². The molecular weight excluding hydrogens is 278 g/mol. The first kappa shape index (κ1) is 15.7. The first-order valence-corrected chi connectivity index (χ1v) is 7.16. The highest BCUT2D eigenvalue weighted by Gasteiger charge is 2.03. The lowest BCUT2D eigenvalue weighted by molar-refractivity contribution is 0.318.